The van der Waals surface area contributed by atoms with Gasteiger partial charge in [0, 0.05) is 18.5 Å². The zero-order valence-corrected chi connectivity index (χ0v) is 12.8. The Labute approximate surface area is 126 Å². The zero-order chi connectivity index (χ0) is 14.8. The lowest BCUT2D eigenvalue weighted by Gasteiger charge is -2.32. The summed E-state index contributed by atoms with van der Waals surface area (Å²) in [4.78, 5) is 4.64. The molecule has 2 atom stereocenters. The van der Waals surface area contributed by atoms with E-state index in [1.807, 2.05) is 6.07 Å². The Bertz CT molecular complexity index is 555. The molecule has 0 radical (unpaired) electrons. The van der Waals surface area contributed by atoms with E-state index in [0.717, 1.165) is 31.4 Å². The molecule has 4 heteroatoms. The molecule has 3 rings (SSSR count). The largest absolute Gasteiger partial charge is 0.473 e. The predicted molar refractivity (Wildman–Crippen MR) is 79.3 cm³/mol. The van der Waals surface area contributed by atoms with Gasteiger partial charge in [0.1, 0.15) is 17.7 Å². The van der Waals surface area contributed by atoms with Gasteiger partial charge < -0.3 is 9.47 Å². The Morgan fingerprint density at radius 3 is 2.67 bits per heavy atom. The molecule has 1 saturated heterocycles. The summed E-state index contributed by atoms with van der Waals surface area (Å²) in [6.45, 7) is 4.13. The zero-order valence-electron chi connectivity index (χ0n) is 12.8. The maximum atomic E-state index is 9.36. The van der Waals surface area contributed by atoms with Gasteiger partial charge >= 0.3 is 0 Å². The Balaban J connectivity index is 1.82. The molecule has 21 heavy (non-hydrogen) atoms. The molecule has 0 saturated carbocycles. The number of hydrogen-bond donors (Lipinski definition) is 0. The van der Waals surface area contributed by atoms with Crippen LogP contribution < -0.4 is 4.74 Å². The third kappa shape index (κ3) is 3.19. The second-order valence-corrected chi connectivity index (χ2v) is 6.23. The van der Waals surface area contributed by atoms with Crippen LogP contribution in [0.2, 0.25) is 0 Å². The van der Waals surface area contributed by atoms with Crippen LogP contribution in [-0.4, -0.2) is 23.3 Å². The summed E-state index contributed by atoms with van der Waals surface area (Å²) in [7, 11) is 0. The highest BCUT2D eigenvalue weighted by molar-refractivity contribution is 5.43. The van der Waals surface area contributed by atoms with Crippen molar-refractivity contribution in [1.29, 1.82) is 5.26 Å². The number of aryl methyl sites for hydroxylation is 2. The number of ether oxygens (including phenoxy) is 2. The molecule has 1 aliphatic carbocycles. The van der Waals surface area contributed by atoms with E-state index in [2.05, 4.69) is 24.9 Å². The SMILES string of the molecule is CC1CC(Oc2nc3c(cc2C#N)CCCC3)CC(C)O1. The fraction of sp³-hybridized carbons (Fsp3) is 0.647. The smallest absolute Gasteiger partial charge is 0.232 e. The van der Waals surface area contributed by atoms with Gasteiger partial charge in [-0.1, -0.05) is 0 Å². The minimum absolute atomic E-state index is 0.0880. The predicted octanol–water partition coefficient (Wildman–Crippen LogP) is 3.17. The summed E-state index contributed by atoms with van der Waals surface area (Å²) in [6.07, 6.45) is 6.59. The normalized spacial score (nSPS) is 28.5. The molecule has 1 fully saturated rings. The number of aromatic nitrogens is 1. The van der Waals surface area contributed by atoms with E-state index in [9.17, 15) is 5.26 Å². The monoisotopic (exact) mass is 286 g/mol. The van der Waals surface area contributed by atoms with Crippen LogP contribution in [0.3, 0.4) is 0 Å². The second kappa shape index (κ2) is 6.03. The van der Waals surface area contributed by atoms with Gasteiger partial charge in [0.15, 0.2) is 0 Å². The van der Waals surface area contributed by atoms with Crippen molar-refractivity contribution in [3.8, 4) is 11.9 Å². The lowest BCUT2D eigenvalue weighted by Crippen LogP contribution is -2.36. The number of fused-ring (bicyclic) bond motifs is 1. The first-order valence-corrected chi connectivity index (χ1v) is 7.90. The van der Waals surface area contributed by atoms with Gasteiger partial charge in [-0.2, -0.15) is 5.26 Å². The van der Waals surface area contributed by atoms with Crippen LogP contribution in [0.5, 0.6) is 5.88 Å². The lowest BCUT2D eigenvalue weighted by atomic mass is 9.95. The van der Waals surface area contributed by atoms with Gasteiger partial charge in [-0.15, -0.1) is 0 Å². The minimum atomic E-state index is 0.0880. The van der Waals surface area contributed by atoms with E-state index in [4.69, 9.17) is 9.47 Å². The molecule has 2 unspecified atom stereocenters. The molecule has 0 aromatic carbocycles. The first-order chi connectivity index (χ1) is 10.2. The number of nitriles is 1. The first kappa shape index (κ1) is 14.3. The second-order valence-electron chi connectivity index (χ2n) is 6.23. The quantitative estimate of drug-likeness (QED) is 0.838. The molecule has 4 nitrogen and oxygen atoms in total. The van der Waals surface area contributed by atoms with Crippen LogP contribution in [0.1, 0.15) is 56.4 Å². The summed E-state index contributed by atoms with van der Waals surface area (Å²) in [5.74, 6) is 0.518. The maximum absolute atomic E-state index is 9.36. The molecule has 2 aliphatic rings. The fourth-order valence-corrected chi connectivity index (χ4v) is 3.38. The summed E-state index contributed by atoms with van der Waals surface area (Å²) >= 11 is 0. The van der Waals surface area contributed by atoms with E-state index >= 15 is 0 Å². The van der Waals surface area contributed by atoms with Crippen molar-refractivity contribution in [3.63, 3.8) is 0 Å². The molecule has 2 heterocycles. The van der Waals surface area contributed by atoms with Crippen LogP contribution in [0.15, 0.2) is 6.07 Å². The van der Waals surface area contributed by atoms with Gasteiger partial charge in [0.05, 0.1) is 12.2 Å². The van der Waals surface area contributed by atoms with Gasteiger partial charge in [0.25, 0.3) is 0 Å². The van der Waals surface area contributed by atoms with Crippen LogP contribution in [-0.2, 0) is 17.6 Å². The van der Waals surface area contributed by atoms with Crippen LogP contribution in [0.25, 0.3) is 0 Å². The van der Waals surface area contributed by atoms with Crippen molar-refractivity contribution in [2.75, 3.05) is 0 Å². The van der Waals surface area contributed by atoms with Gasteiger partial charge in [-0.05, 0) is 51.2 Å². The van der Waals surface area contributed by atoms with Crippen molar-refractivity contribution in [2.45, 2.75) is 70.7 Å². The van der Waals surface area contributed by atoms with Crippen LogP contribution >= 0.6 is 0 Å². The topological polar surface area (TPSA) is 55.1 Å². The van der Waals surface area contributed by atoms with E-state index < -0.39 is 0 Å². The maximum Gasteiger partial charge on any atom is 0.232 e. The number of pyridine rings is 1. The highest BCUT2D eigenvalue weighted by Crippen LogP contribution is 2.29. The number of hydrogen-bond acceptors (Lipinski definition) is 4. The highest BCUT2D eigenvalue weighted by atomic mass is 16.5. The molecule has 0 bridgehead atoms. The fourth-order valence-electron chi connectivity index (χ4n) is 3.38. The summed E-state index contributed by atoms with van der Waals surface area (Å²) < 4.78 is 11.8. The molecule has 0 N–H and O–H groups in total. The Hall–Kier alpha value is -1.60. The average molecular weight is 286 g/mol. The average Bonchev–Trinajstić information content (AvgIpc) is 2.45. The highest BCUT2D eigenvalue weighted by Gasteiger charge is 2.27. The number of rotatable bonds is 2. The van der Waals surface area contributed by atoms with Crippen LogP contribution in [0.4, 0.5) is 0 Å². The Kier molecular flexibility index (Phi) is 4.12. The summed E-state index contributed by atoms with van der Waals surface area (Å²) in [5.41, 5.74) is 2.91. The van der Waals surface area contributed by atoms with Crippen molar-refractivity contribution < 1.29 is 9.47 Å². The van der Waals surface area contributed by atoms with Crippen LogP contribution in [0, 0.1) is 11.3 Å². The summed E-state index contributed by atoms with van der Waals surface area (Å²) in [5, 5.41) is 9.36. The van der Waals surface area contributed by atoms with E-state index in [1.54, 1.807) is 0 Å². The van der Waals surface area contributed by atoms with Crippen molar-refractivity contribution in [3.05, 3.63) is 22.9 Å². The first-order valence-electron chi connectivity index (χ1n) is 7.90. The molecule has 0 spiro atoms. The molecular formula is C17H22N2O2. The molecule has 112 valence electrons. The molecule has 1 aromatic rings. The van der Waals surface area contributed by atoms with Crippen molar-refractivity contribution >= 4 is 0 Å². The molecular weight excluding hydrogens is 264 g/mol. The van der Waals surface area contributed by atoms with E-state index in [0.29, 0.717) is 11.4 Å². The lowest BCUT2D eigenvalue weighted by molar-refractivity contribution is -0.0730. The summed E-state index contributed by atoms with van der Waals surface area (Å²) in [6, 6.07) is 4.21. The Morgan fingerprint density at radius 1 is 1.24 bits per heavy atom. The van der Waals surface area contributed by atoms with Crippen molar-refractivity contribution in [2.24, 2.45) is 0 Å². The van der Waals surface area contributed by atoms with Gasteiger partial charge in [-0.25, -0.2) is 4.98 Å². The van der Waals surface area contributed by atoms with Gasteiger partial charge in [0.2, 0.25) is 5.88 Å². The molecule has 1 aromatic heterocycles. The molecule has 1 aliphatic heterocycles. The van der Waals surface area contributed by atoms with E-state index in [1.165, 1.54) is 18.4 Å². The third-order valence-electron chi connectivity index (χ3n) is 4.32. The van der Waals surface area contributed by atoms with E-state index in [-0.39, 0.29) is 18.3 Å². The van der Waals surface area contributed by atoms with Gasteiger partial charge in [-0.3, -0.25) is 0 Å². The van der Waals surface area contributed by atoms with Crippen molar-refractivity contribution in [1.82, 2.24) is 4.98 Å². The number of nitrogens with zero attached hydrogens (tertiary/aromatic N) is 2. The standard InChI is InChI=1S/C17H22N2O2/c1-11-7-15(8-12(2)20-11)21-17-14(10-18)9-13-5-3-4-6-16(13)19-17/h9,11-12,15H,3-8H2,1-2H3. The molecule has 0 amide bonds. The Morgan fingerprint density at radius 2 is 1.95 bits per heavy atom. The minimum Gasteiger partial charge on any atom is -0.473 e. The third-order valence-corrected chi connectivity index (χ3v) is 4.32.